The second kappa shape index (κ2) is 7.13. The second-order valence-electron chi connectivity index (χ2n) is 7.40. The van der Waals surface area contributed by atoms with Gasteiger partial charge in [-0.15, -0.1) is 0 Å². The minimum absolute atomic E-state index is 0.296. The molecule has 0 atom stereocenters. The summed E-state index contributed by atoms with van der Waals surface area (Å²) in [6.45, 7) is 2.30. The molecule has 2 aromatic carbocycles. The molecule has 0 N–H and O–H groups in total. The van der Waals surface area contributed by atoms with Crippen LogP contribution in [0.25, 0.3) is 0 Å². The van der Waals surface area contributed by atoms with E-state index in [0.29, 0.717) is 12.2 Å². The van der Waals surface area contributed by atoms with Crippen molar-refractivity contribution in [2.45, 2.75) is 25.7 Å². The van der Waals surface area contributed by atoms with Crippen LogP contribution in [-0.2, 0) is 4.79 Å². The molecule has 1 heterocycles. The molecule has 0 unspecified atom stereocenters. The van der Waals surface area contributed by atoms with Gasteiger partial charge in [0.2, 0.25) is 0 Å². The molecule has 0 amide bonds. The van der Waals surface area contributed by atoms with Crippen molar-refractivity contribution < 1.29 is 4.79 Å². The first-order chi connectivity index (χ1) is 12.6. The molecule has 136 valence electrons. The van der Waals surface area contributed by atoms with E-state index < -0.39 is 0 Å². The van der Waals surface area contributed by atoms with E-state index in [1.165, 1.54) is 0 Å². The highest BCUT2D eigenvalue weighted by Gasteiger charge is 2.45. The van der Waals surface area contributed by atoms with Gasteiger partial charge in [0.15, 0.2) is 0 Å². The van der Waals surface area contributed by atoms with Crippen molar-refractivity contribution in [2.75, 3.05) is 29.6 Å². The van der Waals surface area contributed by atoms with Gasteiger partial charge >= 0.3 is 0 Å². The molecule has 26 heavy (non-hydrogen) atoms. The summed E-state index contributed by atoms with van der Waals surface area (Å²) in [5.41, 5.74) is 1.91. The first-order valence-electron chi connectivity index (χ1n) is 9.10. The van der Waals surface area contributed by atoms with Gasteiger partial charge in [-0.1, -0.05) is 29.6 Å². The summed E-state index contributed by atoms with van der Waals surface area (Å²) in [6.07, 6.45) is 3.79. The number of anilines is 2. The minimum Gasteiger partial charge on any atom is -0.353 e. The van der Waals surface area contributed by atoms with Gasteiger partial charge in [-0.3, -0.25) is 4.79 Å². The van der Waals surface area contributed by atoms with Crippen molar-refractivity contribution in [3.8, 4) is 0 Å². The van der Waals surface area contributed by atoms with Crippen molar-refractivity contribution >= 4 is 40.4 Å². The van der Waals surface area contributed by atoms with Gasteiger partial charge in [0.25, 0.3) is 0 Å². The number of hydrogen-bond donors (Lipinski definition) is 0. The molecule has 2 aromatic rings. The molecule has 2 fully saturated rings. The van der Waals surface area contributed by atoms with Crippen LogP contribution in [0.2, 0.25) is 10.0 Å². The largest absolute Gasteiger partial charge is 0.353 e. The number of Topliss-reactive ketones (excluding diaryl/α,β-unsaturated/α-hetero) is 1. The highest BCUT2D eigenvalue weighted by molar-refractivity contribution is 6.30. The molecule has 2 aliphatic rings. The maximum absolute atomic E-state index is 12.9. The molecular formula is C21H22Cl2N2O. The Bertz CT molecular complexity index is 735. The fourth-order valence-electron chi connectivity index (χ4n) is 4.22. The van der Waals surface area contributed by atoms with E-state index in [4.69, 9.17) is 23.2 Å². The Hall–Kier alpha value is -1.71. The Labute approximate surface area is 164 Å². The smallest absolute Gasteiger partial charge is 0.142 e. The number of nitrogens with zero attached hydrogens (tertiary/aromatic N) is 2. The normalized spacial score (nSPS) is 19.8. The Morgan fingerprint density at radius 3 is 1.73 bits per heavy atom. The van der Waals surface area contributed by atoms with Crippen LogP contribution in [0.1, 0.15) is 25.7 Å². The maximum atomic E-state index is 12.9. The molecule has 3 nitrogen and oxygen atoms in total. The molecular weight excluding hydrogens is 367 g/mol. The Morgan fingerprint density at radius 2 is 1.27 bits per heavy atom. The number of benzene rings is 2. The monoisotopic (exact) mass is 388 g/mol. The van der Waals surface area contributed by atoms with Gasteiger partial charge in [0.05, 0.1) is 12.1 Å². The molecule has 4 rings (SSSR count). The third-order valence-corrected chi connectivity index (χ3v) is 6.12. The molecule has 5 heteroatoms. The van der Waals surface area contributed by atoms with E-state index in [9.17, 15) is 4.79 Å². The average Bonchev–Trinajstić information content (AvgIpc) is 2.65. The van der Waals surface area contributed by atoms with E-state index in [-0.39, 0.29) is 5.41 Å². The lowest BCUT2D eigenvalue weighted by Gasteiger charge is -2.50. The van der Waals surface area contributed by atoms with Gasteiger partial charge in [-0.2, -0.15) is 0 Å². The Balaban J connectivity index is 1.69. The molecule has 0 aromatic heterocycles. The lowest BCUT2D eigenvalue weighted by atomic mass is 9.71. The molecule has 1 spiro atoms. The third kappa shape index (κ3) is 3.43. The standard InChI is InChI=1S/C21H22Cl2N2O/c22-16-4-8-18(9-5-16)24-13-21(12-2-1-3-20(21)26)14-25(15-24)19-10-6-17(23)7-11-19/h4-11H,1-3,12-15H2. The maximum Gasteiger partial charge on any atom is 0.142 e. The summed E-state index contributed by atoms with van der Waals surface area (Å²) in [6, 6.07) is 15.8. The predicted octanol–water partition coefficient (Wildman–Crippen LogP) is 5.41. The van der Waals surface area contributed by atoms with Crippen LogP contribution in [0.15, 0.2) is 48.5 Å². The summed E-state index contributed by atoms with van der Waals surface area (Å²) >= 11 is 12.1. The van der Waals surface area contributed by atoms with E-state index in [2.05, 4.69) is 9.80 Å². The molecule has 0 bridgehead atoms. The van der Waals surface area contributed by atoms with E-state index in [1.54, 1.807) is 0 Å². The highest BCUT2D eigenvalue weighted by atomic mass is 35.5. The number of halogens is 2. The van der Waals surface area contributed by atoms with Crippen LogP contribution in [0.5, 0.6) is 0 Å². The lowest BCUT2D eigenvalue weighted by Crippen LogP contribution is -2.60. The van der Waals surface area contributed by atoms with Crippen LogP contribution >= 0.6 is 23.2 Å². The summed E-state index contributed by atoms with van der Waals surface area (Å²) in [5, 5.41) is 1.45. The van der Waals surface area contributed by atoms with E-state index >= 15 is 0 Å². The van der Waals surface area contributed by atoms with Crippen molar-refractivity contribution in [2.24, 2.45) is 5.41 Å². The van der Waals surface area contributed by atoms with Crippen LogP contribution in [0, 0.1) is 5.41 Å². The Morgan fingerprint density at radius 1 is 0.769 bits per heavy atom. The number of carbonyl (C=O) groups is 1. The van der Waals surface area contributed by atoms with Crippen LogP contribution in [0.3, 0.4) is 0 Å². The van der Waals surface area contributed by atoms with Gasteiger partial charge in [0.1, 0.15) is 5.78 Å². The van der Waals surface area contributed by atoms with Gasteiger partial charge in [-0.05, 0) is 61.4 Å². The first kappa shape index (κ1) is 17.7. The van der Waals surface area contributed by atoms with Crippen molar-refractivity contribution in [1.82, 2.24) is 0 Å². The van der Waals surface area contributed by atoms with Crippen molar-refractivity contribution in [1.29, 1.82) is 0 Å². The van der Waals surface area contributed by atoms with Crippen molar-refractivity contribution in [3.63, 3.8) is 0 Å². The Kier molecular flexibility index (Phi) is 4.85. The predicted molar refractivity (Wildman–Crippen MR) is 108 cm³/mol. The van der Waals surface area contributed by atoms with Gasteiger partial charge in [0, 0.05) is 40.9 Å². The van der Waals surface area contributed by atoms with Gasteiger partial charge < -0.3 is 9.80 Å². The fraction of sp³-hybridized carbons (Fsp3) is 0.381. The summed E-state index contributed by atoms with van der Waals surface area (Å²) in [4.78, 5) is 17.5. The molecule has 1 aliphatic carbocycles. The van der Waals surface area contributed by atoms with E-state index in [0.717, 1.165) is 60.4 Å². The van der Waals surface area contributed by atoms with Crippen LogP contribution < -0.4 is 9.80 Å². The number of ketones is 1. The van der Waals surface area contributed by atoms with Crippen LogP contribution in [0.4, 0.5) is 11.4 Å². The van der Waals surface area contributed by atoms with Crippen molar-refractivity contribution in [3.05, 3.63) is 58.6 Å². The van der Waals surface area contributed by atoms with E-state index in [1.807, 2.05) is 48.5 Å². The summed E-state index contributed by atoms with van der Waals surface area (Å²) in [5.74, 6) is 0.404. The number of rotatable bonds is 2. The SMILES string of the molecule is O=C1CCCCC12CN(c1ccc(Cl)cc1)CN(c1ccc(Cl)cc1)C2. The molecule has 0 radical (unpaired) electrons. The zero-order chi connectivity index (χ0) is 18.1. The average molecular weight is 389 g/mol. The third-order valence-electron chi connectivity index (χ3n) is 5.61. The first-order valence-corrected chi connectivity index (χ1v) is 9.86. The number of hydrogen-bond acceptors (Lipinski definition) is 3. The zero-order valence-electron chi connectivity index (χ0n) is 14.6. The summed E-state index contributed by atoms with van der Waals surface area (Å²) in [7, 11) is 0. The summed E-state index contributed by atoms with van der Waals surface area (Å²) < 4.78 is 0. The zero-order valence-corrected chi connectivity index (χ0v) is 16.1. The topological polar surface area (TPSA) is 23.6 Å². The lowest BCUT2D eigenvalue weighted by molar-refractivity contribution is -0.130. The van der Waals surface area contributed by atoms with Gasteiger partial charge in [-0.25, -0.2) is 0 Å². The second-order valence-corrected chi connectivity index (χ2v) is 8.27. The fourth-order valence-corrected chi connectivity index (χ4v) is 4.48. The molecule has 1 saturated heterocycles. The molecule has 1 aliphatic heterocycles. The minimum atomic E-state index is -0.296. The van der Waals surface area contributed by atoms with Crippen LogP contribution in [-0.4, -0.2) is 25.5 Å². The number of carbonyl (C=O) groups excluding carboxylic acids is 1. The highest BCUT2D eigenvalue weighted by Crippen LogP contribution is 2.40. The quantitative estimate of drug-likeness (QED) is 0.687. The molecule has 1 saturated carbocycles.